The number of esters is 1. The maximum absolute atomic E-state index is 13.8. The Bertz CT molecular complexity index is 1140. The van der Waals surface area contributed by atoms with Crippen LogP contribution < -0.4 is 10.6 Å². The number of aromatic nitrogens is 1. The van der Waals surface area contributed by atoms with Crippen molar-refractivity contribution in [3.05, 3.63) is 70.5 Å². The van der Waals surface area contributed by atoms with Gasteiger partial charge in [-0.05, 0) is 48.1 Å². The molecule has 9 heteroatoms. The first-order chi connectivity index (χ1) is 17.5. The minimum absolute atomic E-state index is 0.0673. The third-order valence-electron chi connectivity index (χ3n) is 5.47. The fourth-order valence-corrected chi connectivity index (χ4v) is 5.22. The fraction of sp³-hybridized carbons (Fsp3) is 0.370. The molecular formula is C27H32FN3O3S2. The Morgan fingerprint density at radius 1 is 1.08 bits per heavy atom. The fourth-order valence-electron chi connectivity index (χ4n) is 3.46. The monoisotopic (exact) mass is 529 g/mol. The molecule has 0 bridgehead atoms. The summed E-state index contributed by atoms with van der Waals surface area (Å²) in [7, 11) is 1.32. The number of ether oxygens (including phenoxy) is 1. The summed E-state index contributed by atoms with van der Waals surface area (Å²) in [5, 5.41) is 8.30. The number of benzene rings is 2. The van der Waals surface area contributed by atoms with Crippen LogP contribution in [0.1, 0.15) is 60.6 Å². The lowest BCUT2D eigenvalue weighted by Crippen LogP contribution is -2.12. The molecule has 0 aliphatic rings. The second kappa shape index (κ2) is 14.6. The summed E-state index contributed by atoms with van der Waals surface area (Å²) >= 11 is 2.94. The number of hydrogen-bond donors (Lipinski definition) is 2. The summed E-state index contributed by atoms with van der Waals surface area (Å²) in [6.45, 7) is 2.76. The van der Waals surface area contributed by atoms with Gasteiger partial charge in [0.05, 0.1) is 19.2 Å². The molecule has 3 aromatic rings. The van der Waals surface area contributed by atoms with Crippen molar-refractivity contribution in [3.63, 3.8) is 0 Å². The number of nitrogens with zero attached hydrogens (tertiary/aromatic N) is 1. The number of amides is 1. The second-order valence-electron chi connectivity index (χ2n) is 8.30. The highest BCUT2D eigenvalue weighted by Gasteiger charge is 2.12. The standard InChI is InChI=1S/C27H32FN3O3S2/c1-3-4-5-6-7-14-35-24-15-21(28)12-13-23(24)29-17-19-8-10-20(11-9-19)26(33)31-27-30-22(18-36-27)16-25(32)34-2/h8-13,15,18,29H,3-7,14,16-17H2,1-2H3,(H,30,31,33). The van der Waals surface area contributed by atoms with E-state index in [4.69, 9.17) is 0 Å². The molecule has 0 radical (unpaired) electrons. The van der Waals surface area contributed by atoms with Crippen LogP contribution in [-0.4, -0.2) is 29.7 Å². The van der Waals surface area contributed by atoms with Crippen LogP contribution in [0.25, 0.3) is 0 Å². The molecule has 6 nitrogen and oxygen atoms in total. The first kappa shape index (κ1) is 27.7. The van der Waals surface area contributed by atoms with Gasteiger partial charge in [0, 0.05) is 28.1 Å². The Kier molecular flexibility index (Phi) is 11.2. The van der Waals surface area contributed by atoms with Gasteiger partial charge in [-0.3, -0.25) is 14.9 Å². The van der Waals surface area contributed by atoms with Crippen LogP contribution in [0, 0.1) is 5.82 Å². The number of carbonyl (C=O) groups excluding carboxylic acids is 2. The topological polar surface area (TPSA) is 80.3 Å². The zero-order valence-electron chi connectivity index (χ0n) is 20.6. The van der Waals surface area contributed by atoms with Crippen molar-refractivity contribution in [1.82, 2.24) is 4.98 Å². The second-order valence-corrected chi connectivity index (χ2v) is 10.3. The summed E-state index contributed by atoms with van der Waals surface area (Å²) in [5.74, 6) is 0.0809. The molecule has 2 aromatic carbocycles. The Balaban J connectivity index is 1.51. The minimum Gasteiger partial charge on any atom is -0.469 e. The van der Waals surface area contributed by atoms with E-state index >= 15 is 0 Å². The van der Waals surface area contributed by atoms with Gasteiger partial charge >= 0.3 is 5.97 Å². The van der Waals surface area contributed by atoms with Crippen LogP contribution in [0.3, 0.4) is 0 Å². The number of thiazole rings is 1. The largest absolute Gasteiger partial charge is 0.469 e. The number of nitrogens with one attached hydrogen (secondary N) is 2. The van der Waals surface area contributed by atoms with Gasteiger partial charge in [-0.2, -0.15) is 0 Å². The highest BCUT2D eigenvalue weighted by atomic mass is 32.2. The zero-order chi connectivity index (χ0) is 25.8. The third-order valence-corrected chi connectivity index (χ3v) is 7.42. The number of unbranched alkanes of at least 4 members (excludes halogenated alkanes) is 4. The van der Waals surface area contributed by atoms with Crippen LogP contribution in [0.15, 0.2) is 52.7 Å². The van der Waals surface area contributed by atoms with Crippen LogP contribution in [0.2, 0.25) is 0 Å². The molecule has 36 heavy (non-hydrogen) atoms. The van der Waals surface area contributed by atoms with E-state index in [0.717, 1.165) is 28.3 Å². The maximum atomic E-state index is 13.8. The lowest BCUT2D eigenvalue weighted by Gasteiger charge is -2.12. The molecule has 1 amide bonds. The van der Waals surface area contributed by atoms with Gasteiger partial charge < -0.3 is 10.1 Å². The number of rotatable bonds is 14. The lowest BCUT2D eigenvalue weighted by atomic mass is 10.1. The average molecular weight is 530 g/mol. The molecule has 0 atom stereocenters. The summed E-state index contributed by atoms with van der Waals surface area (Å²) < 4.78 is 18.5. The highest BCUT2D eigenvalue weighted by molar-refractivity contribution is 7.99. The normalized spacial score (nSPS) is 10.8. The number of anilines is 2. The van der Waals surface area contributed by atoms with Crippen LogP contribution >= 0.6 is 23.1 Å². The molecule has 0 aliphatic heterocycles. The van der Waals surface area contributed by atoms with Gasteiger partial charge in [0.1, 0.15) is 5.82 Å². The molecule has 1 heterocycles. The summed E-state index contributed by atoms with van der Waals surface area (Å²) in [6, 6.07) is 12.1. The van der Waals surface area contributed by atoms with Crippen LogP contribution in [-0.2, 0) is 22.5 Å². The Morgan fingerprint density at radius 2 is 1.86 bits per heavy atom. The van der Waals surface area contributed by atoms with E-state index in [0.29, 0.717) is 22.9 Å². The van der Waals surface area contributed by atoms with Gasteiger partial charge in [0.25, 0.3) is 5.91 Å². The number of methoxy groups -OCH3 is 1. The quantitative estimate of drug-likeness (QED) is 0.134. The summed E-state index contributed by atoms with van der Waals surface area (Å²) in [4.78, 5) is 29.1. The van der Waals surface area contributed by atoms with Crippen molar-refractivity contribution < 1.29 is 18.7 Å². The first-order valence-corrected chi connectivity index (χ1v) is 13.9. The van der Waals surface area contributed by atoms with E-state index in [1.165, 1.54) is 50.2 Å². The van der Waals surface area contributed by atoms with Crippen molar-refractivity contribution in [2.45, 2.75) is 56.9 Å². The van der Waals surface area contributed by atoms with E-state index in [1.54, 1.807) is 41.4 Å². The summed E-state index contributed by atoms with van der Waals surface area (Å²) in [5.41, 5.74) is 2.97. The van der Waals surface area contributed by atoms with Crippen molar-refractivity contribution in [1.29, 1.82) is 0 Å². The Labute approximate surface area is 220 Å². The van der Waals surface area contributed by atoms with E-state index in [-0.39, 0.29) is 24.1 Å². The van der Waals surface area contributed by atoms with Crippen molar-refractivity contribution in [2.24, 2.45) is 0 Å². The van der Waals surface area contributed by atoms with Crippen LogP contribution in [0.5, 0.6) is 0 Å². The number of halogens is 1. The van der Waals surface area contributed by atoms with Crippen molar-refractivity contribution in [3.8, 4) is 0 Å². The van der Waals surface area contributed by atoms with Gasteiger partial charge in [0.15, 0.2) is 5.13 Å². The van der Waals surface area contributed by atoms with E-state index in [9.17, 15) is 14.0 Å². The number of hydrogen-bond acceptors (Lipinski definition) is 7. The minimum atomic E-state index is -0.379. The third kappa shape index (κ3) is 8.95. The molecule has 1 aromatic heterocycles. The molecule has 0 fully saturated rings. The smallest absolute Gasteiger partial charge is 0.311 e. The lowest BCUT2D eigenvalue weighted by molar-refractivity contribution is -0.139. The predicted molar refractivity (Wildman–Crippen MR) is 145 cm³/mol. The molecule has 3 rings (SSSR count). The summed E-state index contributed by atoms with van der Waals surface area (Å²) in [6.07, 6.45) is 6.13. The van der Waals surface area contributed by atoms with Crippen molar-refractivity contribution in [2.75, 3.05) is 23.5 Å². The Hall–Kier alpha value is -2.91. The van der Waals surface area contributed by atoms with Gasteiger partial charge in [-0.25, -0.2) is 9.37 Å². The molecule has 0 unspecified atom stereocenters. The predicted octanol–water partition coefficient (Wildman–Crippen LogP) is 6.92. The molecule has 0 saturated carbocycles. The number of thioether (sulfide) groups is 1. The highest BCUT2D eigenvalue weighted by Crippen LogP contribution is 2.29. The molecule has 0 spiro atoms. The zero-order valence-corrected chi connectivity index (χ0v) is 22.3. The van der Waals surface area contributed by atoms with Gasteiger partial charge in [-0.1, -0.05) is 44.7 Å². The maximum Gasteiger partial charge on any atom is 0.311 e. The van der Waals surface area contributed by atoms with E-state index < -0.39 is 0 Å². The number of carbonyl (C=O) groups is 2. The average Bonchev–Trinajstić information content (AvgIpc) is 3.32. The van der Waals surface area contributed by atoms with Gasteiger partial charge in [0.2, 0.25) is 0 Å². The Morgan fingerprint density at radius 3 is 2.61 bits per heavy atom. The van der Waals surface area contributed by atoms with Crippen molar-refractivity contribution >= 4 is 45.8 Å². The first-order valence-electron chi connectivity index (χ1n) is 12.1. The molecule has 0 saturated heterocycles. The van der Waals surface area contributed by atoms with E-state index in [1.807, 2.05) is 12.1 Å². The van der Waals surface area contributed by atoms with Gasteiger partial charge in [-0.15, -0.1) is 23.1 Å². The molecule has 0 aliphatic carbocycles. The molecule has 192 valence electrons. The molecular weight excluding hydrogens is 497 g/mol. The van der Waals surface area contributed by atoms with Crippen LogP contribution in [0.4, 0.5) is 15.2 Å². The SMILES string of the molecule is CCCCCCCSc1cc(F)ccc1NCc1ccc(C(=O)Nc2nc(CC(=O)OC)cs2)cc1. The van der Waals surface area contributed by atoms with E-state index in [2.05, 4.69) is 27.3 Å². The molecule has 2 N–H and O–H groups in total.